The fourth-order valence-corrected chi connectivity index (χ4v) is 5.58. The number of aromatic nitrogens is 2. The van der Waals surface area contributed by atoms with Crippen LogP contribution in [0.2, 0.25) is 0 Å². The standard InChI is InChI=1S/C27H29N5O4S/c1-16(2)32-37(34,35)24-14-18(11-10-17(24)3)25-20-8-6-7-9-21(20)26(31-30-25)29-19-12-13-23(36-5)22(15-19)27(33)28-4/h6-16,32H,1-5H3,(H,28,33)(H,29,31). The van der Waals surface area contributed by atoms with Gasteiger partial charge >= 0.3 is 0 Å². The Kier molecular flexibility index (Phi) is 7.42. The quantitative estimate of drug-likeness (QED) is 0.315. The van der Waals surface area contributed by atoms with E-state index in [1.54, 1.807) is 58.2 Å². The smallest absolute Gasteiger partial charge is 0.254 e. The Balaban J connectivity index is 1.79. The molecule has 0 radical (unpaired) electrons. The molecular formula is C27H29N5O4S. The van der Waals surface area contributed by atoms with E-state index in [0.29, 0.717) is 39.6 Å². The van der Waals surface area contributed by atoms with E-state index < -0.39 is 10.0 Å². The highest BCUT2D eigenvalue weighted by atomic mass is 32.2. The number of rotatable bonds is 8. The third-order valence-corrected chi connectivity index (χ3v) is 7.56. The molecule has 0 unspecified atom stereocenters. The van der Waals surface area contributed by atoms with Gasteiger partial charge in [-0.25, -0.2) is 13.1 Å². The number of hydrogen-bond donors (Lipinski definition) is 3. The molecule has 4 rings (SSSR count). The molecule has 0 aliphatic rings. The molecule has 0 aliphatic carbocycles. The number of carbonyl (C=O) groups excluding carboxylic acids is 1. The topological polar surface area (TPSA) is 122 Å². The van der Waals surface area contributed by atoms with Gasteiger partial charge in [0, 0.05) is 35.1 Å². The van der Waals surface area contributed by atoms with Crippen LogP contribution in [0.1, 0.15) is 29.8 Å². The normalized spacial score (nSPS) is 11.5. The summed E-state index contributed by atoms with van der Waals surface area (Å²) in [6, 6.07) is 17.8. The lowest BCUT2D eigenvalue weighted by Gasteiger charge is -2.15. The van der Waals surface area contributed by atoms with Gasteiger partial charge in [0.25, 0.3) is 5.91 Å². The minimum Gasteiger partial charge on any atom is -0.496 e. The Morgan fingerprint density at radius 3 is 2.38 bits per heavy atom. The van der Waals surface area contributed by atoms with E-state index in [0.717, 1.165) is 10.8 Å². The highest BCUT2D eigenvalue weighted by molar-refractivity contribution is 7.89. The summed E-state index contributed by atoms with van der Waals surface area (Å²) in [5.74, 6) is 0.672. The van der Waals surface area contributed by atoms with Crippen LogP contribution in [0.25, 0.3) is 22.0 Å². The molecule has 0 fully saturated rings. The van der Waals surface area contributed by atoms with Gasteiger partial charge in [-0.15, -0.1) is 10.2 Å². The number of nitrogens with zero attached hydrogens (tertiary/aromatic N) is 2. The van der Waals surface area contributed by atoms with E-state index in [1.807, 2.05) is 30.3 Å². The van der Waals surface area contributed by atoms with Gasteiger partial charge < -0.3 is 15.4 Å². The predicted octanol–water partition coefficient (Wildman–Crippen LogP) is 4.40. The van der Waals surface area contributed by atoms with Gasteiger partial charge in [0.1, 0.15) is 11.4 Å². The van der Waals surface area contributed by atoms with Crippen molar-refractivity contribution in [3.63, 3.8) is 0 Å². The van der Waals surface area contributed by atoms with Crippen molar-refractivity contribution < 1.29 is 17.9 Å². The summed E-state index contributed by atoms with van der Waals surface area (Å²) in [5.41, 5.74) is 2.85. The largest absolute Gasteiger partial charge is 0.496 e. The molecule has 0 atom stereocenters. The van der Waals surface area contributed by atoms with E-state index in [1.165, 1.54) is 7.11 Å². The summed E-state index contributed by atoms with van der Waals surface area (Å²) in [7, 11) is -0.633. The van der Waals surface area contributed by atoms with E-state index >= 15 is 0 Å². The van der Waals surface area contributed by atoms with Crippen LogP contribution in [0.4, 0.5) is 11.5 Å². The molecule has 0 aliphatic heterocycles. The zero-order chi connectivity index (χ0) is 26.7. The number of carbonyl (C=O) groups is 1. The van der Waals surface area contributed by atoms with Gasteiger partial charge in [-0.2, -0.15) is 0 Å². The van der Waals surface area contributed by atoms with Crippen molar-refractivity contribution in [2.24, 2.45) is 0 Å². The van der Waals surface area contributed by atoms with Gasteiger partial charge in [0.15, 0.2) is 5.82 Å². The molecule has 3 N–H and O–H groups in total. The van der Waals surface area contributed by atoms with Gasteiger partial charge in [0.05, 0.1) is 17.6 Å². The molecule has 9 nitrogen and oxygen atoms in total. The molecule has 3 aromatic carbocycles. The maximum atomic E-state index is 12.9. The first-order chi connectivity index (χ1) is 17.6. The Morgan fingerprint density at radius 2 is 1.70 bits per heavy atom. The zero-order valence-corrected chi connectivity index (χ0v) is 22.1. The van der Waals surface area contributed by atoms with Crippen molar-refractivity contribution >= 4 is 38.2 Å². The zero-order valence-electron chi connectivity index (χ0n) is 21.3. The molecular weight excluding hydrogens is 490 g/mol. The second kappa shape index (κ2) is 10.5. The SMILES string of the molecule is CNC(=O)c1cc(Nc2nnc(-c3ccc(C)c(S(=O)(=O)NC(C)C)c3)c3ccccc23)ccc1OC. The molecule has 0 saturated heterocycles. The van der Waals surface area contributed by atoms with Gasteiger partial charge in [-0.05, 0) is 50.6 Å². The van der Waals surface area contributed by atoms with E-state index in [9.17, 15) is 13.2 Å². The van der Waals surface area contributed by atoms with Crippen LogP contribution in [0.15, 0.2) is 65.6 Å². The Labute approximate surface area is 216 Å². The van der Waals surface area contributed by atoms with Gasteiger partial charge in [-0.3, -0.25) is 4.79 Å². The number of fused-ring (bicyclic) bond motifs is 1. The summed E-state index contributed by atoms with van der Waals surface area (Å²) in [5, 5.41) is 16.3. The average Bonchev–Trinajstić information content (AvgIpc) is 2.88. The minimum absolute atomic E-state index is 0.201. The molecule has 37 heavy (non-hydrogen) atoms. The van der Waals surface area contributed by atoms with Crippen molar-refractivity contribution in [3.05, 3.63) is 71.8 Å². The lowest BCUT2D eigenvalue weighted by atomic mass is 10.0. The fraction of sp³-hybridized carbons (Fsp3) is 0.222. The van der Waals surface area contributed by atoms with Crippen LogP contribution in [0, 0.1) is 6.92 Å². The Bertz CT molecular complexity index is 1590. The first kappa shape index (κ1) is 26.1. The number of benzene rings is 3. The van der Waals surface area contributed by atoms with Crippen LogP contribution in [-0.2, 0) is 10.0 Å². The van der Waals surface area contributed by atoms with Crippen molar-refractivity contribution in [1.29, 1.82) is 0 Å². The van der Waals surface area contributed by atoms with Crippen LogP contribution in [0.5, 0.6) is 5.75 Å². The first-order valence-electron chi connectivity index (χ1n) is 11.7. The van der Waals surface area contributed by atoms with Crippen LogP contribution >= 0.6 is 0 Å². The van der Waals surface area contributed by atoms with Crippen molar-refractivity contribution in [2.45, 2.75) is 31.7 Å². The second-order valence-corrected chi connectivity index (χ2v) is 10.5. The number of hydrogen-bond acceptors (Lipinski definition) is 7. The van der Waals surface area contributed by atoms with Crippen LogP contribution in [-0.4, -0.2) is 44.7 Å². The second-order valence-electron chi connectivity index (χ2n) is 8.82. The molecule has 0 bridgehead atoms. The number of anilines is 2. The van der Waals surface area contributed by atoms with Crippen LogP contribution < -0.4 is 20.1 Å². The first-order valence-corrected chi connectivity index (χ1v) is 13.2. The van der Waals surface area contributed by atoms with E-state index in [4.69, 9.17) is 4.74 Å². The van der Waals surface area contributed by atoms with E-state index in [2.05, 4.69) is 25.6 Å². The number of ether oxygens (including phenoxy) is 1. The average molecular weight is 520 g/mol. The summed E-state index contributed by atoms with van der Waals surface area (Å²) < 4.78 is 33.8. The maximum absolute atomic E-state index is 12.9. The lowest BCUT2D eigenvalue weighted by molar-refractivity contribution is 0.0960. The number of nitrogens with one attached hydrogen (secondary N) is 3. The number of aryl methyl sites for hydroxylation is 1. The third kappa shape index (κ3) is 5.40. The lowest BCUT2D eigenvalue weighted by Crippen LogP contribution is -2.30. The van der Waals surface area contributed by atoms with Crippen LogP contribution in [0.3, 0.4) is 0 Å². The molecule has 0 saturated carbocycles. The molecule has 192 valence electrons. The number of amides is 1. The molecule has 1 aromatic heterocycles. The third-order valence-electron chi connectivity index (χ3n) is 5.76. The monoisotopic (exact) mass is 519 g/mol. The van der Waals surface area contributed by atoms with E-state index in [-0.39, 0.29) is 16.8 Å². The summed E-state index contributed by atoms with van der Waals surface area (Å²) in [6.07, 6.45) is 0. The Hall–Kier alpha value is -4.02. The molecule has 0 spiro atoms. The van der Waals surface area contributed by atoms with Gasteiger partial charge in [-0.1, -0.05) is 36.4 Å². The highest BCUT2D eigenvalue weighted by Gasteiger charge is 2.20. The molecule has 4 aromatic rings. The highest BCUT2D eigenvalue weighted by Crippen LogP contribution is 2.33. The number of sulfonamides is 1. The molecule has 1 amide bonds. The van der Waals surface area contributed by atoms with Crippen molar-refractivity contribution in [1.82, 2.24) is 20.2 Å². The summed E-state index contributed by atoms with van der Waals surface area (Å²) >= 11 is 0. The Morgan fingerprint density at radius 1 is 0.973 bits per heavy atom. The van der Waals surface area contributed by atoms with Crippen molar-refractivity contribution in [2.75, 3.05) is 19.5 Å². The number of methoxy groups -OCH3 is 1. The fourth-order valence-electron chi connectivity index (χ4n) is 4.05. The minimum atomic E-state index is -3.70. The predicted molar refractivity (Wildman–Crippen MR) is 145 cm³/mol. The molecule has 1 heterocycles. The summed E-state index contributed by atoms with van der Waals surface area (Å²) in [4.78, 5) is 12.5. The summed E-state index contributed by atoms with van der Waals surface area (Å²) in [6.45, 7) is 5.32. The molecule has 10 heteroatoms. The van der Waals surface area contributed by atoms with Crippen molar-refractivity contribution in [3.8, 4) is 17.0 Å². The van der Waals surface area contributed by atoms with Gasteiger partial charge in [0.2, 0.25) is 10.0 Å². The maximum Gasteiger partial charge on any atom is 0.254 e.